The molecule has 0 fully saturated rings. The highest BCUT2D eigenvalue weighted by Crippen LogP contribution is 2.45. The minimum atomic E-state index is -4.95. The van der Waals surface area contributed by atoms with E-state index in [4.69, 9.17) is 37.0 Å². The van der Waals surface area contributed by atoms with Crippen LogP contribution in [0.1, 0.15) is 286 Å². The normalized spacial score (nSPS) is 14.6. The molecule has 0 radical (unpaired) electrons. The number of hydrogen-bond donors (Lipinski definition) is 3. The number of allylic oxidation sites excluding steroid dienone is 4. The number of carbonyl (C=O) groups excluding carboxylic acids is 4. The van der Waals surface area contributed by atoms with E-state index in [-0.39, 0.29) is 25.7 Å². The van der Waals surface area contributed by atoms with Crippen molar-refractivity contribution in [2.45, 2.75) is 304 Å². The third-order valence-electron chi connectivity index (χ3n) is 14.0. The van der Waals surface area contributed by atoms with Crippen molar-refractivity contribution in [3.8, 4) is 0 Å². The predicted octanol–water partition coefficient (Wildman–Crippen LogP) is 17.1. The lowest BCUT2D eigenvalue weighted by Crippen LogP contribution is -2.30. The largest absolute Gasteiger partial charge is 0.472 e. The first-order valence-corrected chi connectivity index (χ1v) is 35.7. The molecule has 5 atom stereocenters. The Bertz CT molecular complexity index is 1740. The summed E-state index contributed by atoms with van der Waals surface area (Å²) in [6.07, 6.45) is 38.8. The van der Waals surface area contributed by atoms with Gasteiger partial charge in [0.15, 0.2) is 12.2 Å². The van der Waals surface area contributed by atoms with E-state index in [9.17, 15) is 43.2 Å². The monoisotopic (exact) mass is 1220 g/mol. The highest BCUT2D eigenvalue weighted by atomic mass is 31.2. The first kappa shape index (κ1) is 80.5. The van der Waals surface area contributed by atoms with Gasteiger partial charge in [0, 0.05) is 25.7 Å². The SMILES string of the molecule is CCCCCC/C=C\C=C/CCCCCCCC(=O)O[C@H](COC(=O)CCCCCCCCC(C)C)COP(=O)(O)OC[C@@H](O)COP(=O)(O)OC[C@@H](COC(=O)CCCCCCCCC(C)C)OC(=O)CCCCCCCCCC(C)C. The lowest BCUT2D eigenvalue weighted by molar-refractivity contribution is -0.161. The number of esters is 4. The molecule has 0 saturated carbocycles. The van der Waals surface area contributed by atoms with Crippen LogP contribution >= 0.6 is 15.6 Å². The fraction of sp³-hybridized carbons (Fsp3) is 0.875. The topological polar surface area (TPSA) is 237 Å². The van der Waals surface area contributed by atoms with E-state index in [0.717, 1.165) is 116 Å². The van der Waals surface area contributed by atoms with Crippen LogP contribution in [-0.4, -0.2) is 96.7 Å². The number of ether oxygens (including phenoxy) is 4. The van der Waals surface area contributed by atoms with E-state index in [1.165, 1.54) is 70.6 Å². The van der Waals surface area contributed by atoms with Crippen LogP contribution in [0, 0.1) is 17.8 Å². The van der Waals surface area contributed by atoms with E-state index in [2.05, 4.69) is 72.8 Å². The van der Waals surface area contributed by atoms with Gasteiger partial charge in [-0.3, -0.25) is 37.3 Å². The molecule has 0 heterocycles. The maximum atomic E-state index is 13.0. The summed E-state index contributed by atoms with van der Waals surface area (Å²) in [4.78, 5) is 72.1. The number of phosphoric acid groups is 2. The van der Waals surface area contributed by atoms with E-state index in [0.29, 0.717) is 43.4 Å². The standard InChI is InChI=1S/C64H120O17P2/c1-8-9-10-11-12-13-14-15-16-17-18-19-22-33-40-47-63(68)80-59(51-74-61(66)45-38-31-26-24-29-36-43-56(4)5)53-78-82(70,71)76-49-58(65)50-77-83(72,73)79-54-60(52-75-62(67)46-39-32-27-25-30-37-44-57(6)7)81-64(69)48-41-34-23-20-21-28-35-42-55(2)3/h13-16,55-60,65H,8-12,17-54H2,1-7H3,(H,70,71)(H,72,73)/b14-13-,16-15-/t58-,59-,60-/m1/s1. The molecule has 3 N–H and O–H groups in total. The summed E-state index contributed by atoms with van der Waals surface area (Å²) in [5.74, 6) is -0.125. The van der Waals surface area contributed by atoms with Gasteiger partial charge in [0.05, 0.1) is 26.4 Å². The summed E-state index contributed by atoms with van der Waals surface area (Å²) in [5.41, 5.74) is 0. The number of unbranched alkanes of at least 4 members (excludes halogenated alkanes) is 25. The smallest absolute Gasteiger partial charge is 0.462 e. The molecule has 83 heavy (non-hydrogen) atoms. The lowest BCUT2D eigenvalue weighted by Gasteiger charge is -2.21. The van der Waals surface area contributed by atoms with Crippen LogP contribution in [0.25, 0.3) is 0 Å². The lowest BCUT2D eigenvalue weighted by atomic mass is 10.0. The summed E-state index contributed by atoms with van der Waals surface area (Å²) in [6.45, 7) is 11.5. The van der Waals surface area contributed by atoms with Crippen molar-refractivity contribution in [2.75, 3.05) is 39.6 Å². The Labute approximate surface area is 503 Å². The van der Waals surface area contributed by atoms with Gasteiger partial charge in [0.25, 0.3) is 0 Å². The molecule has 19 heteroatoms. The van der Waals surface area contributed by atoms with Gasteiger partial charge in [0.2, 0.25) is 0 Å². The Morgan fingerprint density at radius 3 is 0.976 bits per heavy atom. The van der Waals surface area contributed by atoms with Gasteiger partial charge in [-0.25, -0.2) is 9.13 Å². The molecule has 0 amide bonds. The van der Waals surface area contributed by atoms with E-state index in [1.807, 2.05) is 0 Å². The maximum Gasteiger partial charge on any atom is 0.472 e. The Balaban J connectivity index is 5.27. The number of aliphatic hydroxyl groups excluding tert-OH is 1. The molecule has 0 spiro atoms. The van der Waals surface area contributed by atoms with Crippen molar-refractivity contribution in [1.82, 2.24) is 0 Å². The molecule has 0 aliphatic rings. The molecule has 0 aromatic carbocycles. The second kappa shape index (κ2) is 54.9. The van der Waals surface area contributed by atoms with Gasteiger partial charge < -0.3 is 33.8 Å². The molecule has 17 nitrogen and oxygen atoms in total. The highest BCUT2D eigenvalue weighted by Gasteiger charge is 2.30. The molecule has 0 bridgehead atoms. The minimum Gasteiger partial charge on any atom is -0.462 e. The van der Waals surface area contributed by atoms with Gasteiger partial charge in [0.1, 0.15) is 19.3 Å². The third-order valence-corrected chi connectivity index (χ3v) is 15.9. The van der Waals surface area contributed by atoms with Crippen LogP contribution in [0.15, 0.2) is 24.3 Å². The maximum absolute atomic E-state index is 13.0. The van der Waals surface area contributed by atoms with Gasteiger partial charge in [-0.1, -0.05) is 233 Å². The molecule has 0 rings (SSSR count). The molecular formula is C64H120O17P2. The molecule has 0 aliphatic carbocycles. The highest BCUT2D eigenvalue weighted by molar-refractivity contribution is 7.47. The number of aliphatic hydroxyl groups is 1. The molecule has 0 aromatic heterocycles. The van der Waals surface area contributed by atoms with Crippen molar-refractivity contribution >= 4 is 39.5 Å². The number of phosphoric ester groups is 2. The Morgan fingerprint density at radius 1 is 0.373 bits per heavy atom. The van der Waals surface area contributed by atoms with E-state index < -0.39 is 97.5 Å². The van der Waals surface area contributed by atoms with E-state index in [1.54, 1.807) is 0 Å². The molecule has 0 aliphatic heterocycles. The fourth-order valence-electron chi connectivity index (χ4n) is 8.94. The Morgan fingerprint density at radius 2 is 0.651 bits per heavy atom. The third kappa shape index (κ3) is 58.3. The summed E-state index contributed by atoms with van der Waals surface area (Å²) in [5, 5.41) is 10.5. The average molecular weight is 1220 g/mol. The summed E-state index contributed by atoms with van der Waals surface area (Å²) < 4.78 is 67.9. The zero-order valence-corrected chi connectivity index (χ0v) is 54.9. The van der Waals surface area contributed by atoms with Gasteiger partial charge in [-0.15, -0.1) is 0 Å². The zero-order valence-electron chi connectivity index (χ0n) is 53.1. The fourth-order valence-corrected chi connectivity index (χ4v) is 10.5. The van der Waals surface area contributed by atoms with Crippen molar-refractivity contribution in [3.63, 3.8) is 0 Å². The number of rotatable bonds is 60. The van der Waals surface area contributed by atoms with Gasteiger partial charge in [-0.05, 0) is 69.1 Å². The van der Waals surface area contributed by atoms with Crippen LogP contribution in [0.5, 0.6) is 0 Å². The Hall–Kier alpha value is -2.46. The summed E-state index contributed by atoms with van der Waals surface area (Å²) >= 11 is 0. The molecular weight excluding hydrogens is 1100 g/mol. The molecule has 488 valence electrons. The zero-order chi connectivity index (χ0) is 61.7. The molecule has 0 saturated heterocycles. The van der Waals surface area contributed by atoms with Crippen molar-refractivity contribution in [2.24, 2.45) is 17.8 Å². The first-order chi connectivity index (χ1) is 39.7. The van der Waals surface area contributed by atoms with Crippen LogP contribution in [0.3, 0.4) is 0 Å². The Kier molecular flexibility index (Phi) is 53.3. The first-order valence-electron chi connectivity index (χ1n) is 32.7. The van der Waals surface area contributed by atoms with Gasteiger partial charge in [-0.2, -0.15) is 0 Å². The van der Waals surface area contributed by atoms with Crippen molar-refractivity contribution in [1.29, 1.82) is 0 Å². The molecule has 0 aromatic rings. The number of hydrogen-bond acceptors (Lipinski definition) is 15. The summed E-state index contributed by atoms with van der Waals surface area (Å²) in [7, 11) is -9.90. The number of carbonyl (C=O) groups is 4. The summed E-state index contributed by atoms with van der Waals surface area (Å²) in [6, 6.07) is 0. The van der Waals surface area contributed by atoms with Crippen molar-refractivity contribution in [3.05, 3.63) is 24.3 Å². The quantitative estimate of drug-likeness (QED) is 0.0169. The van der Waals surface area contributed by atoms with Crippen LogP contribution in [-0.2, 0) is 65.4 Å². The van der Waals surface area contributed by atoms with Gasteiger partial charge >= 0.3 is 39.5 Å². The van der Waals surface area contributed by atoms with Crippen LogP contribution in [0.4, 0.5) is 0 Å². The van der Waals surface area contributed by atoms with Crippen molar-refractivity contribution < 1.29 is 80.2 Å². The average Bonchev–Trinajstić information content (AvgIpc) is 3.45. The predicted molar refractivity (Wildman–Crippen MR) is 330 cm³/mol. The van der Waals surface area contributed by atoms with E-state index >= 15 is 0 Å². The second-order valence-corrected chi connectivity index (χ2v) is 26.8. The second-order valence-electron chi connectivity index (χ2n) is 23.9. The minimum absolute atomic E-state index is 0.0831. The molecule has 2 unspecified atom stereocenters. The van der Waals surface area contributed by atoms with Crippen LogP contribution in [0.2, 0.25) is 0 Å². The van der Waals surface area contributed by atoms with Crippen LogP contribution < -0.4 is 0 Å².